The number of aryl methyl sites for hydroxylation is 2. The van der Waals surface area contributed by atoms with Crippen LogP contribution in [0.1, 0.15) is 49.9 Å². The zero-order valence-electron chi connectivity index (χ0n) is 21.7. The summed E-state index contributed by atoms with van der Waals surface area (Å²) in [4.78, 5) is 34.4. The molecular weight excluding hydrogens is 476 g/mol. The zero-order valence-corrected chi connectivity index (χ0v) is 21.7. The number of aliphatic hydroxyl groups excluding tert-OH is 1. The van der Waals surface area contributed by atoms with Gasteiger partial charge in [-0.15, -0.1) is 0 Å². The van der Waals surface area contributed by atoms with E-state index < -0.39 is 11.9 Å². The highest BCUT2D eigenvalue weighted by atomic mass is 16.7. The van der Waals surface area contributed by atoms with Crippen LogP contribution >= 0.6 is 0 Å². The molecule has 1 unspecified atom stereocenters. The van der Waals surface area contributed by atoms with E-state index in [2.05, 4.69) is 11.9 Å². The van der Waals surface area contributed by atoms with E-state index >= 15 is 0 Å². The van der Waals surface area contributed by atoms with Gasteiger partial charge >= 0.3 is 5.97 Å². The minimum Gasteiger partial charge on any atom is -0.481 e. The van der Waals surface area contributed by atoms with Gasteiger partial charge in [0.25, 0.3) is 0 Å². The number of nitrogens with zero attached hydrogens (tertiary/aromatic N) is 4. The fraction of sp³-hybridized carbons (Fsp3) is 0.593. The minimum absolute atomic E-state index is 0.0270. The van der Waals surface area contributed by atoms with Crippen molar-refractivity contribution in [2.75, 3.05) is 39.6 Å². The second kappa shape index (κ2) is 12.4. The summed E-state index contributed by atoms with van der Waals surface area (Å²) in [6.45, 7) is 3.99. The number of carboxylic acids is 1. The number of ether oxygens (including phenoxy) is 2. The molecule has 0 spiro atoms. The normalized spacial score (nSPS) is 20.9. The molecule has 1 saturated heterocycles. The Morgan fingerprint density at radius 1 is 1.19 bits per heavy atom. The molecule has 10 nitrogen and oxygen atoms in total. The number of fused-ring (bicyclic) bond motifs is 1. The van der Waals surface area contributed by atoms with Crippen LogP contribution in [0.5, 0.6) is 11.5 Å². The third-order valence-electron chi connectivity index (χ3n) is 7.50. The second-order valence-corrected chi connectivity index (χ2v) is 9.88. The first kappa shape index (κ1) is 26.9. The molecule has 2 N–H and O–H groups in total. The molecule has 37 heavy (non-hydrogen) atoms. The van der Waals surface area contributed by atoms with Crippen molar-refractivity contribution in [1.29, 1.82) is 0 Å². The van der Waals surface area contributed by atoms with Crippen molar-refractivity contribution in [3.05, 3.63) is 42.0 Å². The summed E-state index contributed by atoms with van der Waals surface area (Å²) in [5.74, 6) is 0.278. The van der Waals surface area contributed by atoms with Gasteiger partial charge in [0.1, 0.15) is 5.82 Å². The number of hydrogen-bond acceptors (Lipinski definition) is 7. The van der Waals surface area contributed by atoms with Crippen LogP contribution in [0.2, 0.25) is 0 Å². The standard InChI is InChI=1S/C27H38N4O6/c1-3-4-11-30(12-5-14-32)25(33)17-31-16-20(19-6-8-22-23(15-19)37-18-36-22)26(27(34)35)21(31)7-9-24-28-10-13-29(24)2/h6,8,10,13,15,20-21,26,32H,3-5,7,9,11-12,14,16-18H2,1-2H3,(H,34,35)/t20-,21+,26?/m1/s1. The fourth-order valence-corrected chi connectivity index (χ4v) is 5.49. The molecule has 3 heterocycles. The molecule has 10 heteroatoms. The summed E-state index contributed by atoms with van der Waals surface area (Å²) >= 11 is 0. The highest BCUT2D eigenvalue weighted by molar-refractivity contribution is 5.79. The predicted octanol–water partition coefficient (Wildman–Crippen LogP) is 2.26. The number of aliphatic carboxylic acids is 1. The number of aromatic nitrogens is 2. The molecular formula is C27H38N4O6. The van der Waals surface area contributed by atoms with E-state index in [1.165, 1.54) is 0 Å². The van der Waals surface area contributed by atoms with E-state index in [1.807, 2.05) is 40.9 Å². The van der Waals surface area contributed by atoms with Gasteiger partial charge in [0, 0.05) is 64.1 Å². The van der Waals surface area contributed by atoms with Crippen LogP contribution < -0.4 is 9.47 Å². The molecule has 2 aliphatic heterocycles. The number of aliphatic hydroxyl groups is 1. The van der Waals surface area contributed by atoms with Crippen molar-refractivity contribution in [2.24, 2.45) is 13.0 Å². The molecule has 1 fully saturated rings. The van der Waals surface area contributed by atoms with Crippen LogP contribution in [0.3, 0.4) is 0 Å². The maximum atomic E-state index is 13.4. The van der Waals surface area contributed by atoms with Gasteiger partial charge in [0.2, 0.25) is 12.7 Å². The van der Waals surface area contributed by atoms with E-state index in [0.717, 1.165) is 24.2 Å². The Morgan fingerprint density at radius 3 is 2.68 bits per heavy atom. The van der Waals surface area contributed by atoms with E-state index in [9.17, 15) is 19.8 Å². The zero-order chi connectivity index (χ0) is 26.4. The minimum atomic E-state index is -0.870. The number of imidazole rings is 1. The van der Waals surface area contributed by atoms with Gasteiger partial charge in [-0.2, -0.15) is 0 Å². The van der Waals surface area contributed by atoms with Crippen molar-refractivity contribution < 1.29 is 29.3 Å². The first-order valence-electron chi connectivity index (χ1n) is 13.1. The predicted molar refractivity (Wildman–Crippen MR) is 137 cm³/mol. The van der Waals surface area contributed by atoms with Crippen molar-refractivity contribution >= 4 is 11.9 Å². The van der Waals surface area contributed by atoms with Crippen LogP contribution in [0.4, 0.5) is 0 Å². The molecule has 0 bridgehead atoms. The highest BCUT2D eigenvalue weighted by Crippen LogP contribution is 2.43. The second-order valence-electron chi connectivity index (χ2n) is 9.88. The lowest BCUT2D eigenvalue weighted by atomic mass is 9.83. The molecule has 1 amide bonds. The Bertz CT molecular complexity index is 1060. The number of carbonyl (C=O) groups is 2. The number of carbonyl (C=O) groups excluding carboxylic acids is 1. The van der Waals surface area contributed by atoms with E-state index in [-0.39, 0.29) is 37.8 Å². The summed E-state index contributed by atoms with van der Waals surface area (Å²) in [7, 11) is 1.93. The fourth-order valence-electron chi connectivity index (χ4n) is 5.49. The highest BCUT2D eigenvalue weighted by Gasteiger charge is 2.47. The van der Waals surface area contributed by atoms with Crippen LogP contribution in [0.25, 0.3) is 0 Å². The maximum Gasteiger partial charge on any atom is 0.308 e. The Morgan fingerprint density at radius 2 is 1.97 bits per heavy atom. The lowest BCUT2D eigenvalue weighted by Gasteiger charge is -2.29. The molecule has 0 aliphatic carbocycles. The van der Waals surface area contributed by atoms with E-state index in [4.69, 9.17) is 9.47 Å². The number of hydrogen-bond donors (Lipinski definition) is 2. The Labute approximate surface area is 217 Å². The van der Waals surface area contributed by atoms with Gasteiger partial charge < -0.3 is 29.2 Å². The molecule has 0 saturated carbocycles. The molecule has 0 radical (unpaired) electrons. The lowest BCUT2D eigenvalue weighted by molar-refractivity contribution is -0.143. The Kier molecular flexibility index (Phi) is 9.04. The molecule has 1 aromatic heterocycles. The summed E-state index contributed by atoms with van der Waals surface area (Å²) in [6.07, 6.45) is 7.17. The van der Waals surface area contributed by atoms with Gasteiger partial charge in [-0.3, -0.25) is 14.5 Å². The molecule has 3 atom stereocenters. The van der Waals surface area contributed by atoms with Crippen molar-refractivity contribution in [3.8, 4) is 11.5 Å². The van der Waals surface area contributed by atoms with Crippen LogP contribution in [0, 0.1) is 5.92 Å². The van der Waals surface area contributed by atoms with Gasteiger partial charge in [-0.25, -0.2) is 4.98 Å². The molecule has 202 valence electrons. The number of benzene rings is 1. The van der Waals surface area contributed by atoms with Gasteiger partial charge in [0.05, 0.1) is 12.5 Å². The number of likely N-dealkylation sites (tertiary alicyclic amines) is 1. The molecule has 2 aromatic rings. The average Bonchev–Trinajstić information content (AvgIpc) is 3.60. The summed E-state index contributed by atoms with van der Waals surface area (Å²) in [6, 6.07) is 5.27. The third-order valence-corrected chi connectivity index (χ3v) is 7.50. The van der Waals surface area contributed by atoms with Gasteiger partial charge in [0.15, 0.2) is 11.5 Å². The largest absolute Gasteiger partial charge is 0.481 e. The monoisotopic (exact) mass is 514 g/mol. The summed E-state index contributed by atoms with van der Waals surface area (Å²) in [5, 5.41) is 19.7. The lowest BCUT2D eigenvalue weighted by Crippen LogP contribution is -2.45. The number of amides is 1. The van der Waals surface area contributed by atoms with Crippen molar-refractivity contribution in [1.82, 2.24) is 19.4 Å². The Hall–Kier alpha value is -3.11. The van der Waals surface area contributed by atoms with Gasteiger partial charge in [-0.05, 0) is 37.0 Å². The van der Waals surface area contributed by atoms with E-state index in [1.54, 1.807) is 11.1 Å². The molecule has 1 aromatic carbocycles. The smallest absolute Gasteiger partial charge is 0.308 e. The molecule has 2 aliphatic rings. The quantitative estimate of drug-likeness (QED) is 0.418. The number of unbranched alkanes of at least 4 members (excludes halogenated alkanes) is 1. The third kappa shape index (κ3) is 6.24. The summed E-state index contributed by atoms with van der Waals surface area (Å²) < 4.78 is 12.9. The SMILES string of the molecule is CCCCN(CCCO)C(=O)CN1C[C@H](c2ccc3c(c2)OCO3)C(C(=O)O)[C@@H]1CCc1nccn1C. The topological polar surface area (TPSA) is 117 Å². The van der Waals surface area contributed by atoms with Crippen LogP contribution in [-0.4, -0.2) is 87.1 Å². The van der Waals surface area contributed by atoms with Crippen molar-refractivity contribution in [3.63, 3.8) is 0 Å². The van der Waals surface area contributed by atoms with E-state index in [0.29, 0.717) is 50.4 Å². The Balaban J connectivity index is 1.59. The first-order valence-corrected chi connectivity index (χ1v) is 13.1. The first-order chi connectivity index (χ1) is 17.9. The number of carboxylic acid groups (broad SMARTS) is 1. The van der Waals surface area contributed by atoms with Gasteiger partial charge in [-0.1, -0.05) is 19.4 Å². The van der Waals surface area contributed by atoms with Crippen LogP contribution in [-0.2, 0) is 23.1 Å². The average molecular weight is 515 g/mol. The summed E-state index contributed by atoms with van der Waals surface area (Å²) in [5.41, 5.74) is 0.872. The van der Waals surface area contributed by atoms with Crippen molar-refractivity contribution in [2.45, 2.75) is 51.0 Å². The van der Waals surface area contributed by atoms with Crippen LogP contribution in [0.15, 0.2) is 30.6 Å². The molecule has 4 rings (SSSR count). The maximum absolute atomic E-state index is 13.4. The number of rotatable bonds is 13.